The summed E-state index contributed by atoms with van der Waals surface area (Å²) in [4.78, 5) is 2.58. The van der Waals surface area contributed by atoms with Crippen molar-refractivity contribution < 1.29 is 9.47 Å². The van der Waals surface area contributed by atoms with Crippen molar-refractivity contribution in [1.29, 1.82) is 0 Å². The van der Waals surface area contributed by atoms with Gasteiger partial charge in [-0.15, -0.1) is 11.3 Å². The maximum Gasteiger partial charge on any atom is 0.161 e. The molecule has 1 N–H and O–H groups in total. The molecule has 0 unspecified atom stereocenters. The van der Waals surface area contributed by atoms with Gasteiger partial charge in [-0.1, -0.05) is 19.1 Å². The Labute approximate surface area is 130 Å². The molecule has 0 amide bonds. The standard InChI is InChI=1S/C17H23NO2S/c1-3-11-18-12-14-9-10-15(21-14)13-20-17-8-6-5-7-16(17)19-4-2/h5-10,18H,3-4,11-13H2,1-2H3. The van der Waals surface area contributed by atoms with Crippen LogP contribution in [-0.4, -0.2) is 13.2 Å². The van der Waals surface area contributed by atoms with Crippen LogP contribution in [0.25, 0.3) is 0 Å². The van der Waals surface area contributed by atoms with Gasteiger partial charge in [0.1, 0.15) is 6.61 Å². The van der Waals surface area contributed by atoms with Gasteiger partial charge >= 0.3 is 0 Å². The summed E-state index contributed by atoms with van der Waals surface area (Å²) >= 11 is 1.79. The van der Waals surface area contributed by atoms with Crippen molar-refractivity contribution in [2.75, 3.05) is 13.2 Å². The maximum atomic E-state index is 5.88. The molecule has 0 saturated carbocycles. The first kappa shape index (κ1) is 15.9. The van der Waals surface area contributed by atoms with E-state index < -0.39 is 0 Å². The first-order valence-corrected chi connectivity index (χ1v) is 8.28. The van der Waals surface area contributed by atoms with Crippen LogP contribution < -0.4 is 14.8 Å². The van der Waals surface area contributed by atoms with Crippen molar-refractivity contribution in [1.82, 2.24) is 5.32 Å². The average molecular weight is 305 g/mol. The van der Waals surface area contributed by atoms with E-state index in [-0.39, 0.29) is 0 Å². The molecular formula is C17H23NO2S. The number of ether oxygens (including phenoxy) is 2. The molecule has 0 fully saturated rings. The lowest BCUT2D eigenvalue weighted by atomic mass is 10.3. The quantitative estimate of drug-likeness (QED) is 0.703. The predicted molar refractivity (Wildman–Crippen MR) is 88.3 cm³/mol. The van der Waals surface area contributed by atoms with Crippen LogP contribution in [0.5, 0.6) is 11.5 Å². The van der Waals surface area contributed by atoms with Crippen LogP contribution in [0, 0.1) is 0 Å². The van der Waals surface area contributed by atoms with Gasteiger partial charge in [0, 0.05) is 16.3 Å². The Hall–Kier alpha value is -1.52. The number of hydrogen-bond donors (Lipinski definition) is 1. The highest BCUT2D eigenvalue weighted by Crippen LogP contribution is 2.28. The zero-order valence-electron chi connectivity index (χ0n) is 12.7. The van der Waals surface area contributed by atoms with Crippen molar-refractivity contribution >= 4 is 11.3 Å². The summed E-state index contributed by atoms with van der Waals surface area (Å²) in [7, 11) is 0. The maximum absolute atomic E-state index is 5.88. The van der Waals surface area contributed by atoms with E-state index >= 15 is 0 Å². The van der Waals surface area contributed by atoms with Crippen LogP contribution in [0.2, 0.25) is 0 Å². The van der Waals surface area contributed by atoms with Gasteiger partial charge in [-0.05, 0) is 44.2 Å². The first-order valence-electron chi connectivity index (χ1n) is 7.46. The van der Waals surface area contributed by atoms with E-state index in [0.717, 1.165) is 31.0 Å². The van der Waals surface area contributed by atoms with E-state index in [1.165, 1.54) is 9.75 Å². The number of rotatable bonds is 9. The molecule has 0 aliphatic rings. The second-order valence-corrected chi connectivity index (χ2v) is 5.97. The normalized spacial score (nSPS) is 10.6. The highest BCUT2D eigenvalue weighted by molar-refractivity contribution is 7.11. The first-order chi connectivity index (χ1) is 10.3. The Kier molecular flexibility index (Phi) is 6.57. The Morgan fingerprint density at radius 2 is 1.67 bits per heavy atom. The fourth-order valence-corrected chi connectivity index (χ4v) is 2.88. The number of thiophene rings is 1. The van der Waals surface area contributed by atoms with Crippen LogP contribution >= 0.6 is 11.3 Å². The van der Waals surface area contributed by atoms with Crippen molar-refractivity contribution in [3.63, 3.8) is 0 Å². The average Bonchev–Trinajstić information content (AvgIpc) is 2.95. The Balaban J connectivity index is 1.88. The minimum absolute atomic E-state index is 0.586. The summed E-state index contributed by atoms with van der Waals surface area (Å²) in [6, 6.07) is 12.1. The van der Waals surface area contributed by atoms with Gasteiger partial charge in [-0.3, -0.25) is 0 Å². The van der Waals surface area contributed by atoms with Gasteiger partial charge in [-0.25, -0.2) is 0 Å². The summed E-state index contributed by atoms with van der Waals surface area (Å²) in [5.74, 6) is 1.61. The van der Waals surface area contributed by atoms with Crippen LogP contribution in [0.4, 0.5) is 0 Å². The second kappa shape index (κ2) is 8.70. The zero-order chi connectivity index (χ0) is 14.9. The Bertz CT molecular complexity index is 539. The molecule has 4 heteroatoms. The lowest BCUT2D eigenvalue weighted by Crippen LogP contribution is -2.12. The predicted octanol–water partition coefficient (Wildman–Crippen LogP) is 4.23. The van der Waals surface area contributed by atoms with Crippen molar-refractivity contribution in [2.45, 2.75) is 33.4 Å². The van der Waals surface area contributed by atoms with E-state index in [1.54, 1.807) is 11.3 Å². The molecule has 114 valence electrons. The van der Waals surface area contributed by atoms with Gasteiger partial charge in [0.15, 0.2) is 11.5 Å². The third kappa shape index (κ3) is 5.06. The van der Waals surface area contributed by atoms with Gasteiger partial charge in [0.25, 0.3) is 0 Å². The lowest BCUT2D eigenvalue weighted by molar-refractivity contribution is 0.271. The van der Waals surface area contributed by atoms with Crippen LogP contribution in [0.3, 0.4) is 0 Å². The van der Waals surface area contributed by atoms with E-state index in [2.05, 4.69) is 24.4 Å². The molecule has 0 spiro atoms. The molecular weight excluding hydrogens is 282 g/mol. The number of hydrogen-bond acceptors (Lipinski definition) is 4. The Morgan fingerprint density at radius 3 is 2.38 bits per heavy atom. The second-order valence-electron chi connectivity index (χ2n) is 4.71. The summed E-state index contributed by atoms with van der Waals surface area (Å²) in [6.45, 7) is 7.39. The molecule has 1 aromatic carbocycles. The van der Waals surface area contributed by atoms with Gasteiger partial charge in [0.2, 0.25) is 0 Å². The summed E-state index contributed by atoms with van der Waals surface area (Å²) in [5, 5.41) is 3.41. The highest BCUT2D eigenvalue weighted by Gasteiger charge is 2.05. The van der Waals surface area contributed by atoms with Crippen LogP contribution in [0.1, 0.15) is 30.0 Å². The topological polar surface area (TPSA) is 30.5 Å². The SMILES string of the molecule is CCCNCc1ccc(COc2ccccc2OCC)s1. The summed E-state index contributed by atoms with van der Waals surface area (Å²) in [6.07, 6.45) is 1.16. The molecule has 2 rings (SSSR count). The number of nitrogens with one attached hydrogen (secondary N) is 1. The molecule has 3 nitrogen and oxygen atoms in total. The molecule has 2 aromatic rings. The third-order valence-electron chi connectivity index (χ3n) is 2.96. The molecule has 0 aliphatic carbocycles. The van der Waals surface area contributed by atoms with Crippen LogP contribution in [-0.2, 0) is 13.2 Å². The summed E-state index contributed by atoms with van der Waals surface area (Å²) in [5.41, 5.74) is 0. The zero-order valence-corrected chi connectivity index (χ0v) is 13.5. The highest BCUT2D eigenvalue weighted by atomic mass is 32.1. The molecule has 0 bridgehead atoms. The van der Waals surface area contributed by atoms with Crippen molar-refractivity contribution in [3.8, 4) is 11.5 Å². The van der Waals surface area contributed by atoms with Gasteiger partial charge in [0.05, 0.1) is 6.61 Å². The van der Waals surface area contributed by atoms with Crippen molar-refractivity contribution in [2.24, 2.45) is 0 Å². The fourth-order valence-electron chi connectivity index (χ4n) is 1.98. The van der Waals surface area contributed by atoms with E-state index in [9.17, 15) is 0 Å². The van der Waals surface area contributed by atoms with Crippen molar-refractivity contribution in [3.05, 3.63) is 46.2 Å². The largest absolute Gasteiger partial charge is 0.490 e. The third-order valence-corrected chi connectivity index (χ3v) is 4.02. The van der Waals surface area contributed by atoms with E-state index in [4.69, 9.17) is 9.47 Å². The fraction of sp³-hybridized carbons (Fsp3) is 0.412. The molecule has 21 heavy (non-hydrogen) atoms. The van der Waals surface area contributed by atoms with E-state index in [0.29, 0.717) is 13.2 Å². The number of benzene rings is 1. The minimum atomic E-state index is 0.586. The molecule has 1 heterocycles. The summed E-state index contributed by atoms with van der Waals surface area (Å²) < 4.78 is 11.4. The minimum Gasteiger partial charge on any atom is -0.490 e. The lowest BCUT2D eigenvalue weighted by Gasteiger charge is -2.10. The smallest absolute Gasteiger partial charge is 0.161 e. The molecule has 0 aliphatic heterocycles. The molecule has 1 aromatic heterocycles. The monoisotopic (exact) mass is 305 g/mol. The molecule has 0 atom stereocenters. The van der Waals surface area contributed by atoms with Gasteiger partial charge in [-0.2, -0.15) is 0 Å². The molecule has 0 saturated heterocycles. The van der Waals surface area contributed by atoms with Crippen LogP contribution in [0.15, 0.2) is 36.4 Å². The molecule has 0 radical (unpaired) electrons. The number of para-hydroxylation sites is 2. The van der Waals surface area contributed by atoms with E-state index in [1.807, 2.05) is 31.2 Å². The Morgan fingerprint density at radius 1 is 0.952 bits per heavy atom. The van der Waals surface area contributed by atoms with Gasteiger partial charge < -0.3 is 14.8 Å².